The fourth-order valence-electron chi connectivity index (χ4n) is 1.01. The Morgan fingerprint density at radius 2 is 2.14 bits per heavy atom. The molecule has 2 unspecified atom stereocenters. The summed E-state index contributed by atoms with van der Waals surface area (Å²) in [6.45, 7) is 4.68. The summed E-state index contributed by atoms with van der Waals surface area (Å²) in [5.74, 6) is 0.340. The standard InChI is InChI=1S/C9H19NO3S/c1-4-8(9(11)13-5-2)10-6-7-14(3)12/h8,10H,4-7H2,1-3H3. The molecule has 0 heterocycles. The summed E-state index contributed by atoms with van der Waals surface area (Å²) in [5.41, 5.74) is 0. The first-order valence-corrected chi connectivity index (χ1v) is 6.54. The van der Waals surface area contributed by atoms with Gasteiger partial charge < -0.3 is 10.1 Å². The van der Waals surface area contributed by atoms with Gasteiger partial charge >= 0.3 is 5.97 Å². The van der Waals surface area contributed by atoms with Crippen molar-refractivity contribution in [2.24, 2.45) is 0 Å². The number of rotatable bonds is 7. The van der Waals surface area contributed by atoms with E-state index in [1.807, 2.05) is 6.92 Å². The van der Waals surface area contributed by atoms with Crippen LogP contribution in [0.5, 0.6) is 0 Å². The van der Waals surface area contributed by atoms with Crippen LogP contribution < -0.4 is 5.32 Å². The highest BCUT2D eigenvalue weighted by atomic mass is 32.2. The second kappa shape index (κ2) is 7.94. The predicted molar refractivity (Wildman–Crippen MR) is 57.6 cm³/mol. The summed E-state index contributed by atoms with van der Waals surface area (Å²) in [7, 11) is -0.816. The first kappa shape index (κ1) is 13.6. The molecule has 0 aliphatic carbocycles. The summed E-state index contributed by atoms with van der Waals surface area (Å²) in [4.78, 5) is 11.3. The van der Waals surface area contributed by atoms with Gasteiger partial charge in [0, 0.05) is 29.4 Å². The van der Waals surface area contributed by atoms with Crippen molar-refractivity contribution >= 4 is 16.8 Å². The van der Waals surface area contributed by atoms with Crippen molar-refractivity contribution in [1.29, 1.82) is 0 Å². The Kier molecular flexibility index (Phi) is 7.70. The largest absolute Gasteiger partial charge is 0.465 e. The molecule has 0 bridgehead atoms. The number of esters is 1. The van der Waals surface area contributed by atoms with Gasteiger partial charge in [-0.15, -0.1) is 0 Å². The summed E-state index contributed by atoms with van der Waals surface area (Å²) < 4.78 is 15.6. The van der Waals surface area contributed by atoms with Crippen LogP contribution in [0.3, 0.4) is 0 Å². The summed E-state index contributed by atoms with van der Waals surface area (Å²) >= 11 is 0. The first-order chi connectivity index (χ1) is 6.61. The predicted octanol–water partition coefficient (Wildman–Crippen LogP) is 0.296. The zero-order valence-electron chi connectivity index (χ0n) is 9.04. The molecule has 0 aromatic heterocycles. The van der Waals surface area contributed by atoms with Gasteiger partial charge in [-0.05, 0) is 13.3 Å². The van der Waals surface area contributed by atoms with Crippen molar-refractivity contribution in [3.8, 4) is 0 Å². The van der Waals surface area contributed by atoms with E-state index in [2.05, 4.69) is 5.32 Å². The highest BCUT2D eigenvalue weighted by Crippen LogP contribution is 1.94. The average Bonchev–Trinajstić information content (AvgIpc) is 2.12. The van der Waals surface area contributed by atoms with E-state index in [4.69, 9.17) is 4.74 Å². The number of nitrogens with one attached hydrogen (secondary N) is 1. The third kappa shape index (κ3) is 6.10. The van der Waals surface area contributed by atoms with Crippen LogP contribution >= 0.6 is 0 Å². The van der Waals surface area contributed by atoms with Crippen LogP contribution in [0.15, 0.2) is 0 Å². The van der Waals surface area contributed by atoms with Gasteiger partial charge in [0.15, 0.2) is 0 Å². The monoisotopic (exact) mass is 221 g/mol. The Balaban J connectivity index is 3.78. The molecule has 0 aliphatic rings. The molecule has 5 heteroatoms. The van der Waals surface area contributed by atoms with Gasteiger partial charge in [0.1, 0.15) is 6.04 Å². The lowest BCUT2D eigenvalue weighted by Crippen LogP contribution is -2.39. The maximum Gasteiger partial charge on any atom is 0.323 e. The molecule has 0 saturated carbocycles. The summed E-state index contributed by atoms with van der Waals surface area (Å²) in [6.07, 6.45) is 2.34. The van der Waals surface area contributed by atoms with E-state index in [1.54, 1.807) is 13.2 Å². The minimum atomic E-state index is -0.816. The molecule has 0 aromatic carbocycles. The van der Waals surface area contributed by atoms with E-state index in [1.165, 1.54) is 0 Å². The van der Waals surface area contributed by atoms with Crippen molar-refractivity contribution < 1.29 is 13.7 Å². The minimum absolute atomic E-state index is 0.225. The van der Waals surface area contributed by atoms with E-state index in [-0.39, 0.29) is 12.0 Å². The normalized spacial score (nSPS) is 14.8. The highest BCUT2D eigenvalue weighted by Gasteiger charge is 2.16. The van der Waals surface area contributed by atoms with Crippen molar-refractivity contribution in [3.63, 3.8) is 0 Å². The van der Waals surface area contributed by atoms with Gasteiger partial charge in [0.05, 0.1) is 6.61 Å². The molecule has 0 radical (unpaired) electrons. The molecule has 0 rings (SSSR count). The van der Waals surface area contributed by atoms with Crippen molar-refractivity contribution in [1.82, 2.24) is 5.32 Å². The number of hydrogen-bond acceptors (Lipinski definition) is 4. The fourth-order valence-corrected chi connectivity index (χ4v) is 1.42. The SMILES string of the molecule is CCOC(=O)C(CC)NCCS(C)=O. The quantitative estimate of drug-likeness (QED) is 0.628. The number of carbonyl (C=O) groups excluding carboxylic acids is 1. The molecule has 1 N–H and O–H groups in total. The van der Waals surface area contributed by atoms with E-state index < -0.39 is 10.8 Å². The maximum absolute atomic E-state index is 11.3. The molecule has 0 aliphatic heterocycles. The molecule has 0 aromatic rings. The third-order valence-corrected chi connectivity index (χ3v) is 2.54. The van der Waals surface area contributed by atoms with E-state index in [0.29, 0.717) is 25.3 Å². The summed E-state index contributed by atoms with van der Waals surface area (Å²) in [5, 5.41) is 3.02. The lowest BCUT2D eigenvalue weighted by Gasteiger charge is -2.14. The Labute approximate surface area is 87.9 Å². The van der Waals surface area contributed by atoms with E-state index in [9.17, 15) is 9.00 Å². The first-order valence-electron chi connectivity index (χ1n) is 4.81. The second-order valence-corrected chi connectivity index (χ2v) is 4.50. The number of ether oxygens (including phenoxy) is 1. The molecular formula is C9H19NO3S. The molecule has 0 spiro atoms. The van der Waals surface area contributed by atoms with E-state index >= 15 is 0 Å². The molecule has 2 atom stereocenters. The van der Waals surface area contributed by atoms with Crippen molar-refractivity contribution in [3.05, 3.63) is 0 Å². The molecule has 84 valence electrons. The van der Waals surface area contributed by atoms with Gasteiger partial charge in [-0.25, -0.2) is 0 Å². The fraction of sp³-hybridized carbons (Fsp3) is 0.889. The van der Waals surface area contributed by atoms with Crippen molar-refractivity contribution in [2.45, 2.75) is 26.3 Å². The van der Waals surface area contributed by atoms with Crippen molar-refractivity contribution in [2.75, 3.05) is 25.2 Å². The topological polar surface area (TPSA) is 55.4 Å². The average molecular weight is 221 g/mol. The van der Waals surface area contributed by atoms with E-state index in [0.717, 1.165) is 0 Å². The number of hydrogen-bond donors (Lipinski definition) is 1. The Hall–Kier alpha value is -0.420. The summed E-state index contributed by atoms with van der Waals surface area (Å²) in [6, 6.07) is -0.265. The third-order valence-electron chi connectivity index (χ3n) is 1.76. The molecule has 0 saturated heterocycles. The minimum Gasteiger partial charge on any atom is -0.465 e. The van der Waals surface area contributed by atoms with Gasteiger partial charge in [-0.2, -0.15) is 0 Å². The smallest absolute Gasteiger partial charge is 0.323 e. The Bertz CT molecular complexity index is 196. The highest BCUT2D eigenvalue weighted by molar-refractivity contribution is 7.84. The van der Waals surface area contributed by atoms with Crippen LogP contribution in [0.4, 0.5) is 0 Å². The maximum atomic E-state index is 11.3. The molecule has 14 heavy (non-hydrogen) atoms. The number of carbonyl (C=O) groups is 1. The van der Waals surface area contributed by atoms with Crippen LogP contribution in [0.1, 0.15) is 20.3 Å². The lowest BCUT2D eigenvalue weighted by atomic mass is 10.2. The van der Waals surface area contributed by atoms with Gasteiger partial charge in [0.25, 0.3) is 0 Å². The van der Waals surface area contributed by atoms with Crippen LogP contribution in [-0.4, -0.2) is 41.4 Å². The van der Waals surface area contributed by atoms with Crippen LogP contribution in [0, 0.1) is 0 Å². The Morgan fingerprint density at radius 3 is 2.57 bits per heavy atom. The second-order valence-electron chi connectivity index (χ2n) is 2.94. The van der Waals surface area contributed by atoms with Crippen LogP contribution in [0.25, 0.3) is 0 Å². The van der Waals surface area contributed by atoms with Crippen LogP contribution in [-0.2, 0) is 20.3 Å². The Morgan fingerprint density at radius 1 is 1.50 bits per heavy atom. The zero-order chi connectivity index (χ0) is 11.0. The lowest BCUT2D eigenvalue weighted by molar-refractivity contribution is -0.145. The van der Waals surface area contributed by atoms with Gasteiger partial charge in [0.2, 0.25) is 0 Å². The molecule has 4 nitrogen and oxygen atoms in total. The van der Waals surface area contributed by atoms with Gasteiger partial charge in [-0.1, -0.05) is 6.92 Å². The molecule has 0 amide bonds. The zero-order valence-corrected chi connectivity index (χ0v) is 9.86. The molecule has 0 fully saturated rings. The van der Waals surface area contributed by atoms with Crippen LogP contribution in [0.2, 0.25) is 0 Å². The van der Waals surface area contributed by atoms with Gasteiger partial charge in [-0.3, -0.25) is 9.00 Å². The molecular weight excluding hydrogens is 202 g/mol.